The van der Waals surface area contributed by atoms with Crippen molar-refractivity contribution in [2.45, 2.75) is 23.6 Å². The molecule has 2 fully saturated rings. The Bertz CT molecular complexity index is 613. The molecule has 2 aliphatic rings. The van der Waals surface area contributed by atoms with Crippen LogP contribution in [0.25, 0.3) is 0 Å². The van der Waals surface area contributed by atoms with Crippen molar-refractivity contribution in [2.24, 2.45) is 7.05 Å². The van der Waals surface area contributed by atoms with Crippen LogP contribution in [0.5, 0.6) is 0 Å². The molecule has 2 aliphatic heterocycles. The predicted octanol–water partition coefficient (Wildman–Crippen LogP) is 0.167. The molecule has 0 unspecified atom stereocenters. The van der Waals surface area contributed by atoms with Gasteiger partial charge in [-0.3, -0.25) is 9.58 Å². The van der Waals surface area contributed by atoms with Crippen molar-refractivity contribution in [3.63, 3.8) is 0 Å². The zero-order chi connectivity index (χ0) is 15.2. The molecule has 0 spiro atoms. The third-order valence-corrected chi connectivity index (χ3v) is 6.62. The molecule has 1 aromatic rings. The minimum absolute atomic E-state index is 0.0574. The lowest BCUT2D eigenvalue weighted by molar-refractivity contribution is -0.0840. The molecular weight excluding hydrogens is 316 g/mol. The zero-order valence-corrected chi connectivity index (χ0v) is 13.6. The first kappa shape index (κ1) is 15.2. The lowest BCUT2D eigenvalue weighted by Gasteiger charge is -2.45. The second kappa shape index (κ2) is 5.51. The molecule has 0 amide bonds. The van der Waals surface area contributed by atoms with Gasteiger partial charge in [0.25, 0.3) is 10.0 Å². The minimum Gasteiger partial charge on any atom is -0.375 e. The topological polar surface area (TPSA) is 67.7 Å². The molecule has 0 N–H and O–H groups in total. The summed E-state index contributed by atoms with van der Waals surface area (Å²) in [7, 11) is -0.0424. The number of hydrogen-bond acceptors (Lipinski definition) is 5. The summed E-state index contributed by atoms with van der Waals surface area (Å²) in [6.07, 6.45) is 2.16. The number of ether oxygens (including phenoxy) is 1. The highest BCUT2D eigenvalue weighted by Crippen LogP contribution is 2.29. The first-order chi connectivity index (χ1) is 9.91. The third-order valence-electron chi connectivity index (χ3n) is 4.25. The Hall–Kier alpha value is -0.670. The van der Waals surface area contributed by atoms with E-state index in [1.807, 2.05) is 7.05 Å². The number of likely N-dealkylation sites (N-methyl/N-ethyl adjacent to an activating group) is 1. The van der Waals surface area contributed by atoms with E-state index in [-0.39, 0.29) is 22.2 Å². The van der Waals surface area contributed by atoms with Crippen molar-refractivity contribution in [1.29, 1.82) is 0 Å². The second-order valence-electron chi connectivity index (χ2n) is 5.53. The van der Waals surface area contributed by atoms with Gasteiger partial charge in [0.1, 0.15) is 0 Å². The fraction of sp³-hybridized carbons (Fsp3) is 0.750. The number of sulfonamides is 1. The largest absolute Gasteiger partial charge is 0.375 e. The van der Waals surface area contributed by atoms with Crippen molar-refractivity contribution in [1.82, 2.24) is 19.0 Å². The number of fused-ring (bicyclic) bond motifs is 1. The zero-order valence-electron chi connectivity index (χ0n) is 12.1. The molecular formula is C12H19ClN4O3S. The predicted molar refractivity (Wildman–Crippen MR) is 77.8 cm³/mol. The van der Waals surface area contributed by atoms with Crippen molar-refractivity contribution in [2.75, 3.05) is 33.3 Å². The number of aryl methyl sites for hydroxylation is 1. The van der Waals surface area contributed by atoms with Crippen molar-refractivity contribution in [3.05, 3.63) is 11.2 Å². The maximum Gasteiger partial charge on any atom is 0.261 e. The molecule has 9 heteroatoms. The average Bonchev–Trinajstić information content (AvgIpc) is 2.79. The molecule has 0 aromatic carbocycles. The monoisotopic (exact) mass is 334 g/mol. The molecule has 3 rings (SSSR count). The number of hydrogen-bond donors (Lipinski definition) is 0. The van der Waals surface area contributed by atoms with Crippen LogP contribution in [0.4, 0.5) is 0 Å². The number of morpholine rings is 1. The molecule has 0 saturated carbocycles. The molecule has 0 bridgehead atoms. The van der Waals surface area contributed by atoms with Crippen LogP contribution >= 0.6 is 11.6 Å². The number of rotatable bonds is 2. The van der Waals surface area contributed by atoms with E-state index in [9.17, 15) is 8.42 Å². The van der Waals surface area contributed by atoms with Crippen molar-refractivity contribution < 1.29 is 13.2 Å². The van der Waals surface area contributed by atoms with Crippen LogP contribution in [0.15, 0.2) is 11.2 Å². The smallest absolute Gasteiger partial charge is 0.261 e. The van der Waals surface area contributed by atoms with Gasteiger partial charge in [0.2, 0.25) is 0 Å². The molecule has 7 nitrogen and oxygen atoms in total. The van der Waals surface area contributed by atoms with Gasteiger partial charge in [-0.2, -0.15) is 9.40 Å². The van der Waals surface area contributed by atoms with Gasteiger partial charge in [0.15, 0.2) is 5.03 Å². The molecule has 0 radical (unpaired) electrons. The van der Waals surface area contributed by atoms with E-state index in [1.165, 1.54) is 15.2 Å². The van der Waals surface area contributed by atoms with Crippen LogP contribution < -0.4 is 0 Å². The lowest BCUT2D eigenvalue weighted by Crippen LogP contribution is -2.59. The number of aromatic nitrogens is 2. The summed E-state index contributed by atoms with van der Waals surface area (Å²) < 4.78 is 34.1. The average molecular weight is 335 g/mol. The second-order valence-corrected chi connectivity index (χ2v) is 7.79. The number of piperidine rings is 1. The molecule has 2 saturated heterocycles. The first-order valence-electron chi connectivity index (χ1n) is 6.91. The summed E-state index contributed by atoms with van der Waals surface area (Å²) in [5.74, 6) is 0. The minimum atomic E-state index is -3.63. The van der Waals surface area contributed by atoms with E-state index < -0.39 is 10.0 Å². The van der Waals surface area contributed by atoms with E-state index >= 15 is 0 Å². The normalized spacial score (nSPS) is 28.5. The van der Waals surface area contributed by atoms with Crippen LogP contribution in [-0.2, 0) is 21.8 Å². The van der Waals surface area contributed by atoms with Crippen LogP contribution in [-0.4, -0.2) is 72.8 Å². The van der Waals surface area contributed by atoms with Gasteiger partial charge in [0.05, 0.1) is 23.9 Å². The Kier molecular flexibility index (Phi) is 4.00. The summed E-state index contributed by atoms with van der Waals surface area (Å²) in [5, 5.41) is 4.13. The Balaban J connectivity index is 1.87. The van der Waals surface area contributed by atoms with Gasteiger partial charge >= 0.3 is 0 Å². The molecule has 3 heterocycles. The van der Waals surface area contributed by atoms with Crippen LogP contribution in [0.3, 0.4) is 0 Å². The van der Waals surface area contributed by atoms with Crippen molar-refractivity contribution in [3.8, 4) is 0 Å². The lowest BCUT2D eigenvalue weighted by atomic mass is 10.0. The number of nitrogens with zero attached hydrogens (tertiary/aromatic N) is 4. The Labute approximate surface area is 129 Å². The van der Waals surface area contributed by atoms with E-state index in [4.69, 9.17) is 16.3 Å². The van der Waals surface area contributed by atoms with Gasteiger partial charge in [0, 0.05) is 32.7 Å². The maximum atomic E-state index is 12.8. The summed E-state index contributed by atoms with van der Waals surface area (Å²) in [6, 6.07) is 0.0919. The van der Waals surface area contributed by atoms with E-state index in [2.05, 4.69) is 10.00 Å². The molecule has 2 atom stereocenters. The van der Waals surface area contributed by atoms with Crippen LogP contribution in [0, 0.1) is 0 Å². The fourth-order valence-corrected chi connectivity index (χ4v) is 5.12. The quantitative estimate of drug-likeness (QED) is 0.771. The summed E-state index contributed by atoms with van der Waals surface area (Å²) in [4.78, 5) is 2.17. The first-order valence-corrected chi connectivity index (χ1v) is 8.72. The van der Waals surface area contributed by atoms with Crippen LogP contribution in [0.2, 0.25) is 5.02 Å². The Morgan fingerprint density at radius 3 is 2.81 bits per heavy atom. The van der Waals surface area contributed by atoms with E-state index in [1.54, 1.807) is 7.05 Å². The Morgan fingerprint density at radius 2 is 2.14 bits per heavy atom. The van der Waals surface area contributed by atoms with Crippen molar-refractivity contribution >= 4 is 21.6 Å². The van der Waals surface area contributed by atoms with Gasteiger partial charge in [-0.15, -0.1) is 0 Å². The summed E-state index contributed by atoms with van der Waals surface area (Å²) >= 11 is 5.99. The Morgan fingerprint density at radius 1 is 1.38 bits per heavy atom. The summed E-state index contributed by atoms with van der Waals surface area (Å²) in [5.41, 5.74) is 0. The van der Waals surface area contributed by atoms with Gasteiger partial charge in [-0.25, -0.2) is 8.42 Å². The highest BCUT2D eigenvalue weighted by Gasteiger charge is 2.41. The van der Waals surface area contributed by atoms with Gasteiger partial charge in [-0.1, -0.05) is 11.6 Å². The van der Waals surface area contributed by atoms with E-state index in [0.29, 0.717) is 26.1 Å². The number of halogens is 1. The maximum absolute atomic E-state index is 12.8. The summed E-state index contributed by atoms with van der Waals surface area (Å²) in [6.45, 7) is 2.39. The van der Waals surface area contributed by atoms with Gasteiger partial charge in [-0.05, 0) is 13.5 Å². The highest BCUT2D eigenvalue weighted by molar-refractivity contribution is 7.89. The fourth-order valence-electron chi connectivity index (χ4n) is 3.04. The molecule has 118 valence electrons. The molecule has 21 heavy (non-hydrogen) atoms. The third kappa shape index (κ3) is 2.59. The van der Waals surface area contributed by atoms with Crippen LogP contribution in [0.1, 0.15) is 6.42 Å². The molecule has 0 aliphatic carbocycles. The highest BCUT2D eigenvalue weighted by atomic mass is 35.5. The van der Waals surface area contributed by atoms with Gasteiger partial charge < -0.3 is 4.74 Å². The SMILES string of the molecule is CN1CCO[C@@H]2CCN(S(=O)(=O)c3c(Cl)cnn3C)C[C@@H]21. The molecule has 1 aromatic heterocycles. The standard InChI is InChI=1S/C12H19ClN4O3S/c1-15-5-6-20-11-3-4-17(8-10(11)15)21(18,19)12-9(13)7-14-16(12)2/h7,10-11H,3-6,8H2,1-2H3/t10-,11+/m0/s1. The van der Waals surface area contributed by atoms with E-state index in [0.717, 1.165) is 6.54 Å².